The smallest absolute Gasteiger partial charge is 0.381 e. The summed E-state index contributed by atoms with van der Waals surface area (Å²) in [6, 6.07) is 7.45. The first-order valence-electron chi connectivity index (χ1n) is 6.62. The molecule has 0 aliphatic carbocycles. The van der Waals surface area contributed by atoms with Crippen LogP contribution in [0.15, 0.2) is 22.7 Å². The molecule has 0 bridgehead atoms. The quantitative estimate of drug-likeness (QED) is 0.890. The molecule has 1 aliphatic rings. The number of nitrogens with one attached hydrogen (secondary N) is 1. The fourth-order valence-electron chi connectivity index (χ4n) is 2.41. The molecule has 0 unspecified atom stereocenters. The maximum absolute atomic E-state index is 12.3. The van der Waals surface area contributed by atoms with Gasteiger partial charge in [0.2, 0.25) is 0 Å². The van der Waals surface area contributed by atoms with Crippen LogP contribution in [0, 0.1) is 11.3 Å². The van der Waals surface area contributed by atoms with Gasteiger partial charge in [-0.15, -0.1) is 0 Å². The van der Waals surface area contributed by atoms with Crippen LogP contribution in [0.5, 0.6) is 0 Å². The number of alkyl halides is 3. The monoisotopic (exact) mass is 361 g/mol. The van der Waals surface area contributed by atoms with Crippen molar-refractivity contribution in [2.24, 2.45) is 0 Å². The molecule has 1 aliphatic heterocycles. The van der Waals surface area contributed by atoms with Gasteiger partial charge in [0.25, 0.3) is 0 Å². The summed E-state index contributed by atoms with van der Waals surface area (Å²) in [5.41, 5.74) is 1.43. The number of likely N-dealkylation sites (tertiary alicyclic amines) is 1. The summed E-state index contributed by atoms with van der Waals surface area (Å²) < 4.78 is 37.7. The van der Waals surface area contributed by atoms with Crippen molar-refractivity contribution in [2.75, 3.05) is 25.0 Å². The molecule has 0 atom stereocenters. The molecule has 2 rings (SSSR count). The third kappa shape index (κ3) is 4.90. The molecule has 21 heavy (non-hydrogen) atoms. The Balaban J connectivity index is 1.88. The second-order valence-electron chi connectivity index (χ2n) is 5.12. The Labute approximate surface area is 129 Å². The van der Waals surface area contributed by atoms with E-state index < -0.39 is 12.7 Å². The summed E-state index contributed by atoms with van der Waals surface area (Å²) in [7, 11) is 0. The summed E-state index contributed by atoms with van der Waals surface area (Å²) in [6.45, 7) is 0.0381. The van der Waals surface area contributed by atoms with Crippen molar-refractivity contribution in [2.45, 2.75) is 25.1 Å². The van der Waals surface area contributed by atoms with Crippen LogP contribution in [0.1, 0.15) is 18.4 Å². The minimum atomic E-state index is -4.13. The minimum absolute atomic E-state index is 0.152. The number of rotatable bonds is 3. The summed E-state index contributed by atoms with van der Waals surface area (Å²) in [4.78, 5) is 1.44. The molecule has 0 aromatic heterocycles. The number of hydrogen-bond donors (Lipinski definition) is 1. The van der Waals surface area contributed by atoms with Crippen LogP contribution >= 0.6 is 15.9 Å². The highest BCUT2D eigenvalue weighted by molar-refractivity contribution is 9.10. The lowest BCUT2D eigenvalue weighted by Gasteiger charge is -2.33. The molecule has 1 N–H and O–H groups in total. The summed E-state index contributed by atoms with van der Waals surface area (Å²) in [5, 5.41) is 12.1. The van der Waals surface area contributed by atoms with E-state index in [-0.39, 0.29) is 6.04 Å². The molecule has 1 heterocycles. The predicted octanol–water partition coefficient (Wildman–Crippen LogP) is 3.76. The lowest BCUT2D eigenvalue weighted by Crippen LogP contribution is -2.43. The first-order chi connectivity index (χ1) is 9.87. The standard InChI is InChI=1S/C14H15BrF3N3/c15-12-7-10(8-19)1-2-13(12)20-11-3-5-21(6-4-11)9-14(16,17)18/h1-2,7,11,20H,3-6,9H2. The van der Waals surface area contributed by atoms with E-state index in [1.807, 2.05) is 6.07 Å². The largest absolute Gasteiger partial charge is 0.401 e. The molecule has 0 amide bonds. The van der Waals surface area contributed by atoms with E-state index in [1.54, 1.807) is 12.1 Å². The van der Waals surface area contributed by atoms with Gasteiger partial charge >= 0.3 is 6.18 Å². The van der Waals surface area contributed by atoms with Gasteiger partial charge in [0, 0.05) is 29.3 Å². The van der Waals surface area contributed by atoms with E-state index >= 15 is 0 Å². The van der Waals surface area contributed by atoms with E-state index in [0.29, 0.717) is 31.5 Å². The number of benzene rings is 1. The lowest BCUT2D eigenvalue weighted by atomic mass is 10.0. The van der Waals surface area contributed by atoms with Crippen LogP contribution in [0.2, 0.25) is 0 Å². The average Bonchev–Trinajstić information content (AvgIpc) is 2.41. The average molecular weight is 362 g/mol. The van der Waals surface area contributed by atoms with Gasteiger partial charge in [-0.05, 0) is 47.0 Å². The van der Waals surface area contributed by atoms with Crippen molar-refractivity contribution in [3.8, 4) is 6.07 Å². The molecule has 7 heteroatoms. The fourth-order valence-corrected chi connectivity index (χ4v) is 2.90. The van der Waals surface area contributed by atoms with Crippen molar-refractivity contribution < 1.29 is 13.2 Å². The fraction of sp³-hybridized carbons (Fsp3) is 0.500. The van der Waals surface area contributed by atoms with Gasteiger partial charge in [0.05, 0.1) is 18.2 Å². The van der Waals surface area contributed by atoms with Crippen LogP contribution in [0.3, 0.4) is 0 Å². The second kappa shape index (κ2) is 6.67. The van der Waals surface area contributed by atoms with Crippen LogP contribution in [-0.4, -0.2) is 36.8 Å². The number of nitriles is 1. The number of halogens is 4. The topological polar surface area (TPSA) is 39.1 Å². The van der Waals surface area contributed by atoms with E-state index in [4.69, 9.17) is 5.26 Å². The molecule has 1 fully saturated rings. The van der Waals surface area contributed by atoms with Gasteiger partial charge in [-0.1, -0.05) is 0 Å². The molecule has 3 nitrogen and oxygen atoms in total. The zero-order valence-corrected chi connectivity index (χ0v) is 12.8. The van der Waals surface area contributed by atoms with Crippen LogP contribution in [-0.2, 0) is 0 Å². The number of hydrogen-bond acceptors (Lipinski definition) is 3. The number of anilines is 1. The molecule has 114 valence electrons. The Morgan fingerprint density at radius 1 is 1.33 bits per heavy atom. The number of nitrogens with zero attached hydrogens (tertiary/aromatic N) is 2. The molecule has 1 aromatic rings. The minimum Gasteiger partial charge on any atom is -0.381 e. The molecule has 0 spiro atoms. The maximum Gasteiger partial charge on any atom is 0.401 e. The van der Waals surface area contributed by atoms with Gasteiger partial charge in [-0.3, -0.25) is 4.90 Å². The Hall–Kier alpha value is -1.26. The lowest BCUT2D eigenvalue weighted by molar-refractivity contribution is -0.147. The van der Waals surface area contributed by atoms with Crippen LogP contribution in [0.4, 0.5) is 18.9 Å². The molecule has 0 saturated carbocycles. The third-order valence-corrected chi connectivity index (χ3v) is 4.10. The first-order valence-corrected chi connectivity index (χ1v) is 7.42. The summed E-state index contributed by atoms with van der Waals surface area (Å²) in [6.07, 6.45) is -2.79. The molecule has 1 saturated heterocycles. The molecule has 1 aromatic carbocycles. The molecular weight excluding hydrogens is 347 g/mol. The zero-order valence-electron chi connectivity index (χ0n) is 11.3. The first kappa shape index (κ1) is 16.1. The van der Waals surface area contributed by atoms with Crippen LogP contribution < -0.4 is 5.32 Å². The highest BCUT2D eigenvalue weighted by Crippen LogP contribution is 2.27. The third-order valence-electron chi connectivity index (χ3n) is 3.45. The predicted molar refractivity (Wildman–Crippen MR) is 78.0 cm³/mol. The molecular formula is C14H15BrF3N3. The highest BCUT2D eigenvalue weighted by atomic mass is 79.9. The van der Waals surface area contributed by atoms with E-state index in [1.165, 1.54) is 4.90 Å². The Kier molecular flexibility index (Phi) is 5.12. The Morgan fingerprint density at radius 2 is 2.00 bits per heavy atom. The van der Waals surface area contributed by atoms with Gasteiger partial charge in [-0.25, -0.2) is 0 Å². The normalized spacial score (nSPS) is 17.5. The molecule has 0 radical (unpaired) electrons. The van der Waals surface area contributed by atoms with Gasteiger partial charge < -0.3 is 5.32 Å². The van der Waals surface area contributed by atoms with Crippen LogP contribution in [0.25, 0.3) is 0 Å². The Bertz CT molecular complexity index is 531. The number of piperidine rings is 1. The maximum atomic E-state index is 12.3. The van der Waals surface area contributed by atoms with E-state index in [2.05, 4.69) is 27.3 Å². The van der Waals surface area contributed by atoms with Crippen molar-refractivity contribution in [3.63, 3.8) is 0 Å². The van der Waals surface area contributed by atoms with Crippen molar-refractivity contribution in [1.29, 1.82) is 5.26 Å². The Morgan fingerprint density at radius 3 is 2.52 bits per heavy atom. The van der Waals surface area contributed by atoms with Gasteiger partial charge in [-0.2, -0.15) is 18.4 Å². The van der Waals surface area contributed by atoms with Crippen molar-refractivity contribution >= 4 is 21.6 Å². The summed E-state index contributed by atoms with van der Waals surface area (Å²) >= 11 is 3.39. The van der Waals surface area contributed by atoms with Crippen molar-refractivity contribution in [1.82, 2.24) is 4.90 Å². The van der Waals surface area contributed by atoms with E-state index in [0.717, 1.165) is 10.2 Å². The van der Waals surface area contributed by atoms with E-state index in [9.17, 15) is 13.2 Å². The SMILES string of the molecule is N#Cc1ccc(NC2CCN(CC(F)(F)F)CC2)c(Br)c1. The van der Waals surface area contributed by atoms with Gasteiger partial charge in [0.15, 0.2) is 0 Å². The summed E-state index contributed by atoms with van der Waals surface area (Å²) in [5.74, 6) is 0. The zero-order chi connectivity index (χ0) is 15.5. The highest BCUT2D eigenvalue weighted by Gasteiger charge is 2.32. The van der Waals surface area contributed by atoms with Crippen molar-refractivity contribution in [3.05, 3.63) is 28.2 Å². The second-order valence-corrected chi connectivity index (χ2v) is 5.97. The van der Waals surface area contributed by atoms with Gasteiger partial charge in [0.1, 0.15) is 0 Å².